The molecule has 21 heavy (non-hydrogen) atoms. The first-order valence-electron chi connectivity index (χ1n) is 6.43. The quantitative estimate of drug-likeness (QED) is 0.928. The Labute approximate surface area is 124 Å². The van der Waals surface area contributed by atoms with E-state index in [1.165, 1.54) is 40.5 Å². The predicted octanol–water partition coefficient (Wildman–Crippen LogP) is 2.71. The highest BCUT2D eigenvalue weighted by Gasteiger charge is 2.36. The summed E-state index contributed by atoms with van der Waals surface area (Å²) < 4.78 is 12.9. The fraction of sp³-hybridized carbons (Fsp3) is 0.200. The second-order valence-corrected chi connectivity index (χ2v) is 5.80. The monoisotopic (exact) mass is 305 g/mol. The van der Waals surface area contributed by atoms with Crippen LogP contribution < -0.4 is 0 Å². The third-order valence-corrected chi connectivity index (χ3v) is 4.55. The second kappa shape index (κ2) is 5.29. The molecule has 1 aromatic heterocycles. The van der Waals surface area contributed by atoms with E-state index in [-0.39, 0.29) is 5.91 Å². The summed E-state index contributed by atoms with van der Waals surface area (Å²) in [6, 6.07) is 5.92. The summed E-state index contributed by atoms with van der Waals surface area (Å²) in [5, 5.41) is 11.3. The van der Waals surface area contributed by atoms with E-state index in [9.17, 15) is 19.1 Å². The zero-order valence-corrected chi connectivity index (χ0v) is 11.8. The van der Waals surface area contributed by atoms with Crippen molar-refractivity contribution in [1.29, 1.82) is 0 Å². The van der Waals surface area contributed by atoms with Gasteiger partial charge < -0.3 is 10.0 Å². The zero-order chi connectivity index (χ0) is 15.0. The predicted molar refractivity (Wildman–Crippen MR) is 75.8 cm³/mol. The van der Waals surface area contributed by atoms with Gasteiger partial charge in [-0.05, 0) is 47.7 Å². The maximum atomic E-state index is 12.9. The standard InChI is InChI=1S/C15H12FNO3S/c16-10-3-1-9(2-4-10)14(18)17-7-5-12-11(6-8-21-12)13(17)15(19)20/h1-4,6,8,13H,5,7H2,(H,19,20). The first kappa shape index (κ1) is 13.8. The van der Waals surface area contributed by atoms with Crippen LogP contribution in [0.5, 0.6) is 0 Å². The van der Waals surface area contributed by atoms with Crippen LogP contribution >= 0.6 is 11.3 Å². The van der Waals surface area contributed by atoms with Crippen molar-refractivity contribution in [3.05, 3.63) is 57.5 Å². The lowest BCUT2D eigenvalue weighted by molar-refractivity contribution is -0.142. The van der Waals surface area contributed by atoms with Gasteiger partial charge in [0.05, 0.1) is 0 Å². The van der Waals surface area contributed by atoms with Gasteiger partial charge in [0.25, 0.3) is 5.91 Å². The van der Waals surface area contributed by atoms with Gasteiger partial charge in [-0.25, -0.2) is 9.18 Å². The van der Waals surface area contributed by atoms with Crippen molar-refractivity contribution in [2.24, 2.45) is 0 Å². The van der Waals surface area contributed by atoms with Gasteiger partial charge in [0, 0.05) is 17.0 Å². The third kappa shape index (κ3) is 2.42. The van der Waals surface area contributed by atoms with Gasteiger partial charge in [-0.2, -0.15) is 0 Å². The lowest BCUT2D eigenvalue weighted by Crippen LogP contribution is -2.43. The number of halogens is 1. The number of nitrogens with zero attached hydrogens (tertiary/aromatic N) is 1. The molecule has 0 radical (unpaired) electrons. The number of rotatable bonds is 2. The molecule has 1 aliphatic rings. The largest absolute Gasteiger partial charge is 0.479 e. The normalized spacial score (nSPS) is 17.4. The fourth-order valence-electron chi connectivity index (χ4n) is 2.56. The SMILES string of the molecule is O=C(O)C1c2ccsc2CCN1C(=O)c1ccc(F)cc1. The smallest absolute Gasteiger partial charge is 0.331 e. The Morgan fingerprint density at radius 2 is 1.95 bits per heavy atom. The van der Waals surface area contributed by atoms with Gasteiger partial charge in [-0.1, -0.05) is 0 Å². The van der Waals surface area contributed by atoms with Crippen molar-refractivity contribution >= 4 is 23.2 Å². The Morgan fingerprint density at radius 3 is 2.62 bits per heavy atom. The highest BCUT2D eigenvalue weighted by molar-refractivity contribution is 7.10. The van der Waals surface area contributed by atoms with Crippen molar-refractivity contribution in [3.63, 3.8) is 0 Å². The molecule has 2 aromatic rings. The fourth-order valence-corrected chi connectivity index (χ4v) is 3.46. The molecule has 1 aromatic carbocycles. The number of carbonyl (C=O) groups is 2. The summed E-state index contributed by atoms with van der Waals surface area (Å²) in [4.78, 5) is 26.4. The summed E-state index contributed by atoms with van der Waals surface area (Å²) in [7, 11) is 0. The molecule has 1 aliphatic heterocycles. The van der Waals surface area contributed by atoms with Crippen molar-refractivity contribution in [2.75, 3.05) is 6.54 Å². The lowest BCUT2D eigenvalue weighted by Gasteiger charge is -2.33. The summed E-state index contributed by atoms with van der Waals surface area (Å²) in [5.41, 5.74) is 0.968. The van der Waals surface area contributed by atoms with Crippen LogP contribution in [0.15, 0.2) is 35.7 Å². The topological polar surface area (TPSA) is 57.6 Å². The molecular weight excluding hydrogens is 293 g/mol. The van der Waals surface area contributed by atoms with Gasteiger partial charge in [-0.15, -0.1) is 11.3 Å². The maximum absolute atomic E-state index is 12.9. The number of aliphatic carboxylic acids is 1. The molecule has 6 heteroatoms. The van der Waals surface area contributed by atoms with E-state index in [1.54, 1.807) is 6.07 Å². The molecule has 108 valence electrons. The van der Waals surface area contributed by atoms with Crippen LogP contribution in [0.1, 0.15) is 26.8 Å². The number of carbonyl (C=O) groups excluding carboxylic acids is 1. The van der Waals surface area contributed by atoms with Crippen LogP contribution in [-0.4, -0.2) is 28.4 Å². The van der Waals surface area contributed by atoms with Gasteiger partial charge in [-0.3, -0.25) is 4.79 Å². The van der Waals surface area contributed by atoms with Crippen molar-refractivity contribution in [2.45, 2.75) is 12.5 Å². The summed E-state index contributed by atoms with van der Waals surface area (Å²) >= 11 is 1.51. The molecule has 0 aliphatic carbocycles. The van der Waals surface area contributed by atoms with E-state index in [0.29, 0.717) is 24.1 Å². The molecule has 3 rings (SSSR count). The Balaban J connectivity index is 1.96. The summed E-state index contributed by atoms with van der Waals surface area (Å²) in [5.74, 6) is -1.87. The lowest BCUT2D eigenvalue weighted by atomic mass is 9.99. The number of carboxylic acids is 1. The second-order valence-electron chi connectivity index (χ2n) is 4.80. The molecule has 1 unspecified atom stereocenters. The van der Waals surface area contributed by atoms with Gasteiger partial charge >= 0.3 is 5.97 Å². The van der Waals surface area contributed by atoms with Gasteiger partial charge in [0.2, 0.25) is 0 Å². The van der Waals surface area contributed by atoms with Crippen LogP contribution in [0.2, 0.25) is 0 Å². The summed E-state index contributed by atoms with van der Waals surface area (Å²) in [6.07, 6.45) is 0.643. The average Bonchev–Trinajstić information content (AvgIpc) is 2.94. The van der Waals surface area contributed by atoms with E-state index >= 15 is 0 Å². The number of hydrogen-bond donors (Lipinski definition) is 1. The van der Waals surface area contributed by atoms with Crippen LogP contribution in [0.4, 0.5) is 4.39 Å². The van der Waals surface area contributed by atoms with Gasteiger partial charge in [0.15, 0.2) is 6.04 Å². The van der Waals surface area contributed by atoms with Crippen molar-refractivity contribution < 1.29 is 19.1 Å². The first-order chi connectivity index (χ1) is 10.1. The minimum Gasteiger partial charge on any atom is -0.479 e. The number of benzene rings is 1. The minimum atomic E-state index is -1.05. The van der Waals surface area contributed by atoms with E-state index in [1.807, 2.05) is 5.38 Å². The van der Waals surface area contributed by atoms with Crippen molar-refractivity contribution in [3.8, 4) is 0 Å². The zero-order valence-electron chi connectivity index (χ0n) is 11.0. The Bertz CT molecular complexity index is 695. The van der Waals surface area contributed by atoms with E-state index in [0.717, 1.165) is 4.88 Å². The summed E-state index contributed by atoms with van der Waals surface area (Å²) in [6.45, 7) is 0.348. The Hall–Kier alpha value is -2.21. The van der Waals surface area contributed by atoms with Crippen LogP contribution in [0, 0.1) is 5.82 Å². The molecule has 4 nitrogen and oxygen atoms in total. The molecule has 1 N–H and O–H groups in total. The number of amides is 1. The molecule has 0 fully saturated rings. The highest BCUT2D eigenvalue weighted by atomic mass is 32.1. The Morgan fingerprint density at radius 1 is 1.24 bits per heavy atom. The van der Waals surface area contributed by atoms with Crippen LogP contribution in [0.3, 0.4) is 0 Å². The molecule has 2 heterocycles. The number of fused-ring (bicyclic) bond motifs is 1. The molecule has 0 spiro atoms. The molecule has 1 atom stereocenters. The first-order valence-corrected chi connectivity index (χ1v) is 7.31. The van der Waals surface area contributed by atoms with Gasteiger partial charge in [0.1, 0.15) is 5.82 Å². The molecule has 0 saturated heterocycles. The number of thiophene rings is 1. The Kier molecular flexibility index (Phi) is 3.47. The van der Waals surface area contributed by atoms with E-state index < -0.39 is 17.8 Å². The van der Waals surface area contributed by atoms with E-state index in [4.69, 9.17) is 0 Å². The van der Waals surface area contributed by atoms with Crippen molar-refractivity contribution in [1.82, 2.24) is 4.90 Å². The average molecular weight is 305 g/mol. The maximum Gasteiger partial charge on any atom is 0.331 e. The molecule has 1 amide bonds. The van der Waals surface area contributed by atoms with Crippen LogP contribution in [-0.2, 0) is 11.2 Å². The van der Waals surface area contributed by atoms with E-state index in [2.05, 4.69) is 0 Å². The molecular formula is C15H12FNO3S. The highest BCUT2D eigenvalue weighted by Crippen LogP contribution is 2.34. The number of carboxylic acid groups (broad SMARTS) is 1. The number of hydrogen-bond acceptors (Lipinski definition) is 3. The minimum absolute atomic E-state index is 0.293. The molecule has 0 bridgehead atoms. The molecule has 0 saturated carbocycles. The third-order valence-electron chi connectivity index (χ3n) is 3.55. The van der Waals surface area contributed by atoms with Crippen LogP contribution in [0.25, 0.3) is 0 Å².